The minimum atomic E-state index is 0.725. The van der Waals surface area contributed by atoms with Gasteiger partial charge in [-0.25, -0.2) is 0 Å². The van der Waals surface area contributed by atoms with Gasteiger partial charge in [0, 0.05) is 11.3 Å². The topological polar surface area (TPSA) is 12.0 Å². The third-order valence-electron chi connectivity index (χ3n) is 2.42. The van der Waals surface area contributed by atoms with Gasteiger partial charge in [-0.1, -0.05) is 13.8 Å². The fourth-order valence-corrected chi connectivity index (χ4v) is 3.46. The fourth-order valence-electron chi connectivity index (χ4n) is 1.83. The van der Waals surface area contributed by atoms with Gasteiger partial charge in [0.25, 0.3) is 0 Å². The van der Waals surface area contributed by atoms with E-state index < -0.39 is 0 Å². The van der Waals surface area contributed by atoms with Gasteiger partial charge in [0.1, 0.15) is 0 Å². The van der Waals surface area contributed by atoms with Gasteiger partial charge in [-0.2, -0.15) is 11.8 Å². The minimum Gasteiger partial charge on any atom is -0.316 e. The lowest BCUT2D eigenvalue weighted by Gasteiger charge is -2.25. The van der Waals surface area contributed by atoms with Gasteiger partial charge in [-0.05, 0) is 31.6 Å². The Morgan fingerprint density at radius 2 is 2.18 bits per heavy atom. The molecule has 1 heterocycles. The van der Waals surface area contributed by atoms with Crippen molar-refractivity contribution in [3.05, 3.63) is 0 Å². The van der Waals surface area contributed by atoms with Crippen molar-refractivity contribution in [1.82, 2.24) is 5.32 Å². The second kappa shape index (κ2) is 4.36. The Bertz CT molecular complexity index is 108. The van der Waals surface area contributed by atoms with Crippen molar-refractivity contribution >= 4 is 11.8 Å². The molecule has 0 aliphatic carbocycles. The Kier molecular flexibility index (Phi) is 3.73. The minimum absolute atomic E-state index is 0.725. The predicted molar refractivity (Wildman–Crippen MR) is 53.2 cm³/mol. The quantitative estimate of drug-likeness (QED) is 0.701. The number of hydrogen-bond donors (Lipinski definition) is 1. The van der Waals surface area contributed by atoms with Crippen LogP contribution in [0.15, 0.2) is 0 Å². The van der Waals surface area contributed by atoms with E-state index in [4.69, 9.17) is 0 Å². The zero-order chi connectivity index (χ0) is 8.27. The molecule has 1 N–H and O–H groups in total. The molecule has 2 unspecified atom stereocenters. The SMILES string of the molecule is CNC(C(C)C)C1CCCS1. The molecule has 0 aromatic rings. The number of thioether (sulfide) groups is 1. The third-order valence-corrected chi connectivity index (χ3v) is 3.90. The Morgan fingerprint density at radius 3 is 2.55 bits per heavy atom. The number of hydrogen-bond acceptors (Lipinski definition) is 2. The van der Waals surface area contributed by atoms with Gasteiger partial charge in [0.05, 0.1) is 0 Å². The molecule has 0 bridgehead atoms. The van der Waals surface area contributed by atoms with Gasteiger partial charge in [-0.3, -0.25) is 0 Å². The van der Waals surface area contributed by atoms with Gasteiger partial charge < -0.3 is 5.32 Å². The molecule has 1 aliphatic heterocycles. The van der Waals surface area contributed by atoms with Gasteiger partial charge in [-0.15, -0.1) is 0 Å². The largest absolute Gasteiger partial charge is 0.316 e. The maximum Gasteiger partial charge on any atom is 0.0206 e. The molecule has 1 fully saturated rings. The van der Waals surface area contributed by atoms with Crippen molar-refractivity contribution < 1.29 is 0 Å². The summed E-state index contributed by atoms with van der Waals surface area (Å²) < 4.78 is 0. The zero-order valence-electron chi connectivity index (χ0n) is 7.76. The first-order valence-electron chi connectivity index (χ1n) is 4.54. The van der Waals surface area contributed by atoms with Crippen molar-refractivity contribution in [3.8, 4) is 0 Å². The van der Waals surface area contributed by atoms with Crippen molar-refractivity contribution in [3.63, 3.8) is 0 Å². The first-order chi connectivity index (χ1) is 5.25. The zero-order valence-corrected chi connectivity index (χ0v) is 8.58. The summed E-state index contributed by atoms with van der Waals surface area (Å²) in [5.41, 5.74) is 0. The van der Waals surface area contributed by atoms with Crippen LogP contribution < -0.4 is 5.32 Å². The van der Waals surface area contributed by atoms with Crippen molar-refractivity contribution in [2.45, 2.75) is 38.0 Å². The van der Waals surface area contributed by atoms with E-state index in [2.05, 4.69) is 38.0 Å². The highest BCUT2D eigenvalue weighted by molar-refractivity contribution is 8.00. The normalized spacial score (nSPS) is 27.8. The molecular weight excluding hydrogens is 154 g/mol. The smallest absolute Gasteiger partial charge is 0.0206 e. The average Bonchev–Trinajstić information content (AvgIpc) is 2.40. The predicted octanol–water partition coefficient (Wildman–Crippen LogP) is 2.13. The Labute approximate surface area is 74.3 Å². The molecule has 2 atom stereocenters. The lowest BCUT2D eigenvalue weighted by atomic mass is 9.98. The maximum atomic E-state index is 3.42. The summed E-state index contributed by atoms with van der Waals surface area (Å²) in [6, 6.07) is 0.725. The summed E-state index contributed by atoms with van der Waals surface area (Å²) >= 11 is 2.14. The molecule has 0 amide bonds. The fraction of sp³-hybridized carbons (Fsp3) is 1.00. The number of nitrogens with one attached hydrogen (secondary N) is 1. The monoisotopic (exact) mass is 173 g/mol. The van der Waals surface area contributed by atoms with Crippen LogP contribution in [0, 0.1) is 5.92 Å². The van der Waals surface area contributed by atoms with Crippen LogP contribution in [0.3, 0.4) is 0 Å². The molecule has 2 heteroatoms. The Balaban J connectivity index is 2.40. The lowest BCUT2D eigenvalue weighted by molar-refractivity contribution is 0.408. The van der Waals surface area contributed by atoms with Crippen LogP contribution in [0.1, 0.15) is 26.7 Å². The highest BCUT2D eigenvalue weighted by Gasteiger charge is 2.26. The molecule has 0 saturated carbocycles. The van der Waals surface area contributed by atoms with E-state index in [1.54, 1.807) is 0 Å². The highest BCUT2D eigenvalue weighted by atomic mass is 32.2. The molecule has 11 heavy (non-hydrogen) atoms. The van der Waals surface area contributed by atoms with Crippen LogP contribution in [0.5, 0.6) is 0 Å². The van der Waals surface area contributed by atoms with Crippen molar-refractivity contribution in [2.24, 2.45) is 5.92 Å². The average molecular weight is 173 g/mol. The van der Waals surface area contributed by atoms with Crippen LogP contribution >= 0.6 is 11.8 Å². The second-order valence-electron chi connectivity index (χ2n) is 3.61. The Morgan fingerprint density at radius 1 is 1.45 bits per heavy atom. The van der Waals surface area contributed by atoms with Crippen molar-refractivity contribution in [2.75, 3.05) is 12.8 Å². The number of rotatable bonds is 3. The third kappa shape index (κ3) is 2.38. The van der Waals surface area contributed by atoms with Crippen LogP contribution in [0.4, 0.5) is 0 Å². The summed E-state index contributed by atoms with van der Waals surface area (Å²) in [6.45, 7) is 4.61. The molecule has 1 nitrogen and oxygen atoms in total. The van der Waals surface area contributed by atoms with E-state index in [0.29, 0.717) is 0 Å². The molecule has 0 aromatic heterocycles. The molecule has 1 rings (SSSR count). The molecule has 1 aliphatic rings. The molecule has 0 aromatic carbocycles. The standard InChI is InChI=1S/C9H19NS/c1-7(2)9(10-3)8-5-4-6-11-8/h7-10H,4-6H2,1-3H3. The van der Waals surface area contributed by atoms with Crippen molar-refractivity contribution in [1.29, 1.82) is 0 Å². The lowest BCUT2D eigenvalue weighted by Crippen LogP contribution is -2.38. The highest BCUT2D eigenvalue weighted by Crippen LogP contribution is 2.31. The van der Waals surface area contributed by atoms with Gasteiger partial charge in [0.15, 0.2) is 0 Å². The summed E-state index contributed by atoms with van der Waals surface area (Å²) in [6.07, 6.45) is 2.83. The summed E-state index contributed by atoms with van der Waals surface area (Å²) in [7, 11) is 2.09. The second-order valence-corrected chi connectivity index (χ2v) is 4.96. The van der Waals surface area contributed by atoms with Crippen LogP contribution in [-0.2, 0) is 0 Å². The van der Waals surface area contributed by atoms with E-state index in [1.807, 2.05) is 0 Å². The first kappa shape index (κ1) is 9.40. The van der Waals surface area contributed by atoms with Gasteiger partial charge >= 0.3 is 0 Å². The molecule has 0 radical (unpaired) electrons. The van der Waals surface area contributed by atoms with E-state index in [9.17, 15) is 0 Å². The van der Waals surface area contributed by atoms with Gasteiger partial charge in [0.2, 0.25) is 0 Å². The van der Waals surface area contributed by atoms with E-state index in [-0.39, 0.29) is 0 Å². The Hall–Kier alpha value is 0.310. The molecule has 1 saturated heterocycles. The summed E-state index contributed by atoms with van der Waals surface area (Å²) in [4.78, 5) is 0. The van der Waals surface area contributed by atoms with Crippen LogP contribution in [0.25, 0.3) is 0 Å². The van der Waals surface area contributed by atoms with E-state index in [1.165, 1.54) is 18.6 Å². The van der Waals surface area contributed by atoms with Crippen LogP contribution in [-0.4, -0.2) is 24.1 Å². The van der Waals surface area contributed by atoms with E-state index in [0.717, 1.165) is 17.2 Å². The van der Waals surface area contributed by atoms with Crippen LogP contribution in [0.2, 0.25) is 0 Å². The molecule has 66 valence electrons. The molecular formula is C9H19NS. The van der Waals surface area contributed by atoms with E-state index >= 15 is 0 Å². The summed E-state index contributed by atoms with van der Waals surface area (Å²) in [5, 5.41) is 4.30. The summed E-state index contributed by atoms with van der Waals surface area (Å²) in [5.74, 6) is 2.14. The molecule has 0 spiro atoms. The first-order valence-corrected chi connectivity index (χ1v) is 5.59. The maximum absolute atomic E-state index is 3.42.